The summed E-state index contributed by atoms with van der Waals surface area (Å²) >= 11 is 3.58. The third-order valence-electron chi connectivity index (χ3n) is 4.21. The van der Waals surface area contributed by atoms with Crippen LogP contribution in [0.15, 0.2) is 58.0 Å². The lowest BCUT2D eigenvalue weighted by Gasteiger charge is -2.20. The molecule has 2 N–H and O–H groups in total. The minimum Gasteiger partial charge on any atom is -0.497 e. The van der Waals surface area contributed by atoms with Gasteiger partial charge < -0.3 is 20.3 Å². The number of likely N-dealkylation sites (N-methyl/N-ethyl adjacent to an activating group) is 1. The van der Waals surface area contributed by atoms with Gasteiger partial charge in [0.05, 0.1) is 26.2 Å². The van der Waals surface area contributed by atoms with E-state index in [0.29, 0.717) is 12.5 Å². The van der Waals surface area contributed by atoms with Crippen molar-refractivity contribution in [3.63, 3.8) is 0 Å². The van der Waals surface area contributed by atoms with Crippen LogP contribution in [-0.2, 0) is 11.3 Å². The summed E-state index contributed by atoms with van der Waals surface area (Å²) in [7, 11) is 5.11. The number of guanidine groups is 1. The van der Waals surface area contributed by atoms with Crippen molar-refractivity contribution < 1.29 is 9.53 Å². The van der Waals surface area contributed by atoms with E-state index in [0.717, 1.165) is 21.3 Å². The van der Waals surface area contributed by atoms with Crippen LogP contribution in [0.1, 0.15) is 24.1 Å². The van der Waals surface area contributed by atoms with Crippen LogP contribution >= 0.6 is 39.9 Å². The summed E-state index contributed by atoms with van der Waals surface area (Å²) in [5.74, 6) is 1.37. The summed E-state index contributed by atoms with van der Waals surface area (Å²) in [5, 5.41) is 6.50. The molecule has 1 amide bonds. The summed E-state index contributed by atoms with van der Waals surface area (Å²) in [6.45, 7) is 2.71. The van der Waals surface area contributed by atoms with Gasteiger partial charge in [-0.1, -0.05) is 46.3 Å². The highest BCUT2D eigenvalue weighted by Crippen LogP contribution is 2.22. The molecule has 2 aromatic carbocycles. The number of ether oxygens (including phenoxy) is 1. The van der Waals surface area contributed by atoms with Gasteiger partial charge in [-0.05, 0) is 36.2 Å². The first-order chi connectivity index (χ1) is 13.4. The molecule has 8 heteroatoms. The lowest BCUT2D eigenvalue weighted by Crippen LogP contribution is -2.43. The largest absolute Gasteiger partial charge is 0.497 e. The maximum absolute atomic E-state index is 12.0. The van der Waals surface area contributed by atoms with Crippen LogP contribution in [-0.4, -0.2) is 44.5 Å². The van der Waals surface area contributed by atoms with E-state index in [9.17, 15) is 4.79 Å². The van der Waals surface area contributed by atoms with Gasteiger partial charge >= 0.3 is 0 Å². The van der Waals surface area contributed by atoms with Crippen molar-refractivity contribution >= 4 is 51.8 Å². The van der Waals surface area contributed by atoms with E-state index in [4.69, 9.17) is 4.74 Å². The van der Waals surface area contributed by atoms with Gasteiger partial charge in [-0.2, -0.15) is 0 Å². The van der Waals surface area contributed by atoms with Crippen LogP contribution in [0.4, 0.5) is 0 Å². The van der Waals surface area contributed by atoms with Crippen LogP contribution in [0.3, 0.4) is 0 Å². The molecule has 0 aliphatic rings. The fraction of sp³-hybridized carbons (Fsp3) is 0.333. The van der Waals surface area contributed by atoms with Crippen LogP contribution in [0.5, 0.6) is 5.75 Å². The molecule has 0 aliphatic carbocycles. The first kappa shape index (κ1) is 25.2. The number of rotatable bonds is 7. The lowest BCUT2D eigenvalue weighted by atomic mass is 10.1. The molecule has 6 nitrogen and oxygen atoms in total. The van der Waals surface area contributed by atoms with Gasteiger partial charge in [0.15, 0.2) is 5.96 Å². The normalized spacial score (nSPS) is 11.8. The van der Waals surface area contributed by atoms with Crippen molar-refractivity contribution in [1.82, 2.24) is 15.5 Å². The second-order valence-electron chi connectivity index (χ2n) is 6.54. The molecule has 29 heavy (non-hydrogen) atoms. The fourth-order valence-electron chi connectivity index (χ4n) is 2.48. The number of hydrogen-bond donors (Lipinski definition) is 2. The first-order valence-electron chi connectivity index (χ1n) is 9.03. The van der Waals surface area contributed by atoms with E-state index in [2.05, 4.69) is 38.5 Å². The van der Waals surface area contributed by atoms with Crippen LogP contribution in [0.2, 0.25) is 0 Å². The maximum atomic E-state index is 12.0. The van der Waals surface area contributed by atoms with Gasteiger partial charge in [-0.15, -0.1) is 24.0 Å². The Kier molecular flexibility index (Phi) is 11.0. The first-order valence-corrected chi connectivity index (χ1v) is 9.82. The quantitative estimate of drug-likeness (QED) is 0.298. The second kappa shape index (κ2) is 12.7. The molecular formula is C21H28BrIN4O2. The number of halogens is 2. The number of nitrogens with zero attached hydrogens (tertiary/aromatic N) is 2. The topological polar surface area (TPSA) is 66.0 Å². The van der Waals surface area contributed by atoms with Gasteiger partial charge in [0, 0.05) is 18.6 Å². The molecule has 0 bridgehead atoms. The molecule has 0 aliphatic heterocycles. The van der Waals surface area contributed by atoms with Crippen molar-refractivity contribution in [2.75, 3.05) is 27.7 Å². The molecule has 0 aromatic heterocycles. The number of methoxy groups -OCH3 is 1. The Morgan fingerprint density at radius 3 is 2.41 bits per heavy atom. The van der Waals surface area contributed by atoms with E-state index in [1.807, 2.05) is 48.5 Å². The molecule has 0 spiro atoms. The van der Waals surface area contributed by atoms with E-state index in [1.165, 1.54) is 0 Å². The minimum absolute atomic E-state index is 0. The molecule has 0 saturated carbocycles. The number of carbonyl (C=O) groups excluding carboxylic acids is 1. The molecule has 2 rings (SSSR count). The Balaban J connectivity index is 0.00000420. The smallest absolute Gasteiger partial charge is 0.241 e. The zero-order valence-corrected chi connectivity index (χ0v) is 21.0. The summed E-state index contributed by atoms with van der Waals surface area (Å²) in [6.07, 6.45) is 0. The highest BCUT2D eigenvalue weighted by Gasteiger charge is 2.12. The number of hydrogen-bond acceptors (Lipinski definition) is 3. The third kappa shape index (κ3) is 8.22. The predicted octanol–water partition coefficient (Wildman–Crippen LogP) is 3.96. The summed E-state index contributed by atoms with van der Waals surface area (Å²) in [5.41, 5.74) is 2.16. The van der Waals surface area contributed by atoms with Crippen LogP contribution in [0, 0.1) is 0 Å². The molecule has 2 aromatic rings. The highest BCUT2D eigenvalue weighted by atomic mass is 127. The molecule has 1 unspecified atom stereocenters. The Morgan fingerprint density at radius 2 is 1.83 bits per heavy atom. The van der Waals surface area contributed by atoms with Crippen molar-refractivity contribution in [2.24, 2.45) is 4.99 Å². The summed E-state index contributed by atoms with van der Waals surface area (Å²) in [6, 6.07) is 15.8. The van der Waals surface area contributed by atoms with Gasteiger partial charge in [0.1, 0.15) is 5.75 Å². The van der Waals surface area contributed by atoms with Crippen LogP contribution in [0.25, 0.3) is 0 Å². The highest BCUT2D eigenvalue weighted by molar-refractivity contribution is 14.0. The number of nitrogens with one attached hydrogen (secondary N) is 2. The summed E-state index contributed by atoms with van der Waals surface area (Å²) < 4.78 is 6.21. The SMILES string of the molecule is COc1ccc(CN=C(NCC(=O)N(C)C)NC(C)c2ccccc2Br)cc1.I. The number of aliphatic imine (C=N–C) groups is 1. The number of amides is 1. The molecular weight excluding hydrogens is 547 g/mol. The zero-order chi connectivity index (χ0) is 20.5. The summed E-state index contributed by atoms with van der Waals surface area (Å²) in [4.78, 5) is 18.2. The van der Waals surface area contributed by atoms with Gasteiger partial charge in [0.25, 0.3) is 0 Å². The molecule has 0 radical (unpaired) electrons. The van der Waals surface area contributed by atoms with Gasteiger partial charge in [0.2, 0.25) is 5.91 Å². The number of benzene rings is 2. The van der Waals surface area contributed by atoms with E-state index in [1.54, 1.807) is 26.1 Å². The van der Waals surface area contributed by atoms with Gasteiger partial charge in [-0.3, -0.25) is 4.79 Å². The standard InChI is InChI=1S/C21H27BrN4O2.HI/c1-15(18-7-5-6-8-19(18)22)25-21(24-14-20(27)26(2)3)23-13-16-9-11-17(28-4)12-10-16;/h5-12,15H,13-14H2,1-4H3,(H2,23,24,25);1H. The molecule has 0 heterocycles. The van der Waals surface area contributed by atoms with Crippen molar-refractivity contribution in [3.05, 3.63) is 64.1 Å². The monoisotopic (exact) mass is 574 g/mol. The second-order valence-corrected chi connectivity index (χ2v) is 7.40. The van der Waals surface area contributed by atoms with Gasteiger partial charge in [-0.25, -0.2) is 4.99 Å². The Labute approximate surface area is 198 Å². The van der Waals surface area contributed by atoms with E-state index >= 15 is 0 Å². The third-order valence-corrected chi connectivity index (χ3v) is 4.93. The molecule has 158 valence electrons. The molecule has 1 atom stereocenters. The maximum Gasteiger partial charge on any atom is 0.241 e. The Hall–Kier alpha value is -1.81. The van der Waals surface area contributed by atoms with E-state index in [-0.39, 0.29) is 42.5 Å². The fourth-order valence-corrected chi connectivity index (χ4v) is 3.11. The van der Waals surface area contributed by atoms with Crippen molar-refractivity contribution in [3.8, 4) is 5.75 Å². The zero-order valence-electron chi connectivity index (χ0n) is 17.1. The number of carbonyl (C=O) groups is 1. The average Bonchev–Trinajstić information content (AvgIpc) is 2.70. The average molecular weight is 575 g/mol. The Morgan fingerprint density at radius 1 is 1.17 bits per heavy atom. The van der Waals surface area contributed by atoms with Crippen molar-refractivity contribution in [1.29, 1.82) is 0 Å². The minimum atomic E-state index is -0.0208. The van der Waals surface area contributed by atoms with Crippen LogP contribution < -0.4 is 15.4 Å². The molecule has 0 saturated heterocycles. The van der Waals surface area contributed by atoms with E-state index < -0.39 is 0 Å². The Bertz CT molecular complexity index is 813. The molecule has 0 fully saturated rings. The predicted molar refractivity (Wildman–Crippen MR) is 132 cm³/mol. The van der Waals surface area contributed by atoms with Crippen molar-refractivity contribution in [2.45, 2.75) is 19.5 Å². The lowest BCUT2D eigenvalue weighted by molar-refractivity contribution is -0.127.